The third-order valence-corrected chi connectivity index (χ3v) is 6.97. The van der Waals surface area contributed by atoms with Crippen LogP contribution in [0.25, 0.3) is 0 Å². The van der Waals surface area contributed by atoms with Crippen LogP contribution in [-0.2, 0) is 16.3 Å². The van der Waals surface area contributed by atoms with Gasteiger partial charge in [-0.05, 0) is 37.0 Å². The highest BCUT2D eigenvalue weighted by Gasteiger charge is 2.47. The lowest BCUT2D eigenvalue weighted by Crippen LogP contribution is -2.58. The van der Waals surface area contributed by atoms with Gasteiger partial charge in [-0.25, -0.2) is 13.4 Å². The number of hydrogen-bond donors (Lipinski definition) is 2. The maximum absolute atomic E-state index is 12.8. The van der Waals surface area contributed by atoms with Gasteiger partial charge in [-0.15, -0.1) is 0 Å². The van der Waals surface area contributed by atoms with Gasteiger partial charge in [0.25, 0.3) is 11.8 Å². The van der Waals surface area contributed by atoms with E-state index in [0.29, 0.717) is 25.0 Å². The van der Waals surface area contributed by atoms with Gasteiger partial charge in [-0.3, -0.25) is 9.59 Å². The van der Waals surface area contributed by atoms with Crippen molar-refractivity contribution >= 4 is 21.7 Å². The van der Waals surface area contributed by atoms with Crippen LogP contribution in [-0.4, -0.2) is 43.4 Å². The summed E-state index contributed by atoms with van der Waals surface area (Å²) in [7, 11) is -1.96. The molecular weight excluding hydrogens is 378 g/mol. The van der Waals surface area contributed by atoms with Crippen LogP contribution in [0.2, 0.25) is 0 Å². The van der Waals surface area contributed by atoms with E-state index in [4.69, 9.17) is 0 Å². The summed E-state index contributed by atoms with van der Waals surface area (Å²) in [4.78, 5) is 28.1. The Bertz CT molecular complexity index is 999. The molecule has 1 aliphatic rings. The fourth-order valence-electron chi connectivity index (χ4n) is 3.22. The van der Waals surface area contributed by atoms with Crippen molar-refractivity contribution in [3.05, 3.63) is 65.0 Å². The summed E-state index contributed by atoms with van der Waals surface area (Å²) in [6, 6.07) is 12.6. The number of aromatic nitrogens is 1. The molecule has 1 aromatic carbocycles. The van der Waals surface area contributed by atoms with Crippen LogP contribution in [0.1, 0.15) is 51.4 Å². The number of rotatable bonds is 6. The summed E-state index contributed by atoms with van der Waals surface area (Å²) >= 11 is 0. The smallest absolute Gasteiger partial charge is 0.269 e. The molecule has 0 saturated heterocycles. The molecule has 0 aliphatic heterocycles. The first-order valence-electron chi connectivity index (χ1n) is 9.03. The third kappa shape index (κ3) is 4.06. The van der Waals surface area contributed by atoms with Gasteiger partial charge >= 0.3 is 0 Å². The maximum Gasteiger partial charge on any atom is 0.269 e. The summed E-state index contributed by atoms with van der Waals surface area (Å²) in [6.07, 6.45) is 3.11. The summed E-state index contributed by atoms with van der Waals surface area (Å²) in [6.45, 7) is 0. The molecule has 0 unspecified atom stereocenters. The second-order valence-electron chi connectivity index (χ2n) is 7.05. The highest BCUT2D eigenvalue weighted by Crippen LogP contribution is 2.36. The number of pyridine rings is 1. The molecule has 28 heavy (non-hydrogen) atoms. The number of nitrogens with one attached hydrogen (secondary N) is 2. The number of amides is 2. The Morgan fingerprint density at radius 1 is 1.11 bits per heavy atom. The molecule has 1 aromatic heterocycles. The molecule has 8 heteroatoms. The Hall–Kier alpha value is -2.74. The van der Waals surface area contributed by atoms with Gasteiger partial charge in [0, 0.05) is 31.0 Å². The molecule has 2 N–H and O–H groups in total. The van der Waals surface area contributed by atoms with Crippen LogP contribution in [0, 0.1) is 0 Å². The zero-order valence-corrected chi connectivity index (χ0v) is 16.7. The lowest BCUT2D eigenvalue weighted by atomic mass is 9.91. The Morgan fingerprint density at radius 3 is 2.32 bits per heavy atom. The molecule has 1 saturated carbocycles. The normalized spacial score (nSPS) is 15.4. The van der Waals surface area contributed by atoms with Crippen molar-refractivity contribution in [2.24, 2.45) is 0 Å². The first kappa shape index (κ1) is 20.0. The van der Waals surface area contributed by atoms with E-state index in [1.807, 2.05) is 30.3 Å². The van der Waals surface area contributed by atoms with Gasteiger partial charge < -0.3 is 10.6 Å². The lowest BCUT2D eigenvalue weighted by molar-refractivity contribution is 0.0895. The number of nitrogens with zero attached hydrogens (tertiary/aromatic N) is 1. The minimum Gasteiger partial charge on any atom is -0.354 e. The number of carbonyl (C=O) groups is 2. The summed E-state index contributed by atoms with van der Waals surface area (Å²) in [5.74, 6) is -0.933. The van der Waals surface area contributed by atoms with Crippen molar-refractivity contribution in [3.63, 3.8) is 0 Å². The minimum absolute atomic E-state index is 0.114. The topological polar surface area (TPSA) is 105 Å². The van der Waals surface area contributed by atoms with Crippen LogP contribution in [0.3, 0.4) is 0 Å². The molecule has 0 spiro atoms. The number of carbonyl (C=O) groups excluding carboxylic acids is 2. The summed E-state index contributed by atoms with van der Waals surface area (Å²) < 4.78 is 24.3. The zero-order chi connectivity index (χ0) is 20.4. The average Bonchev–Trinajstić information content (AvgIpc) is 2.63. The van der Waals surface area contributed by atoms with Crippen LogP contribution < -0.4 is 10.6 Å². The fourth-order valence-corrected chi connectivity index (χ4v) is 4.53. The zero-order valence-electron chi connectivity index (χ0n) is 15.9. The molecule has 2 amide bonds. The maximum atomic E-state index is 12.8. The largest absolute Gasteiger partial charge is 0.354 e. The fraction of sp³-hybridized carbons (Fsp3) is 0.350. The Labute approximate surface area is 164 Å². The second-order valence-corrected chi connectivity index (χ2v) is 9.37. The molecule has 3 rings (SSSR count). The Morgan fingerprint density at radius 2 is 1.79 bits per heavy atom. The van der Waals surface area contributed by atoms with E-state index in [9.17, 15) is 18.0 Å². The van der Waals surface area contributed by atoms with E-state index >= 15 is 0 Å². The van der Waals surface area contributed by atoms with Gasteiger partial charge in [0.1, 0.15) is 10.6 Å². The van der Waals surface area contributed by atoms with Gasteiger partial charge in [0.05, 0.1) is 0 Å². The van der Waals surface area contributed by atoms with E-state index in [1.165, 1.54) is 13.1 Å². The second kappa shape index (κ2) is 7.71. The van der Waals surface area contributed by atoms with E-state index in [1.54, 1.807) is 6.07 Å². The van der Waals surface area contributed by atoms with Crippen LogP contribution in [0.15, 0.2) is 42.5 Å². The quantitative estimate of drug-likeness (QED) is 0.766. The average molecular weight is 401 g/mol. The van der Waals surface area contributed by atoms with Crippen LogP contribution >= 0.6 is 0 Å². The molecular formula is C20H23N3O4S. The highest BCUT2D eigenvalue weighted by molar-refractivity contribution is 7.92. The first-order valence-corrected chi connectivity index (χ1v) is 10.9. The molecule has 1 aliphatic carbocycles. The molecule has 2 aromatic rings. The lowest BCUT2D eigenvalue weighted by Gasteiger charge is -2.40. The summed E-state index contributed by atoms with van der Waals surface area (Å²) in [5.41, 5.74) is 1.87. The predicted molar refractivity (Wildman–Crippen MR) is 106 cm³/mol. The van der Waals surface area contributed by atoms with Crippen molar-refractivity contribution in [2.45, 2.75) is 30.6 Å². The van der Waals surface area contributed by atoms with Crippen LogP contribution in [0.5, 0.6) is 0 Å². The standard InChI is InChI=1S/C20H23N3O4S/c1-21-19(25)17-13-15(12-16(22-17)11-14-7-4-3-5-8-14)18(24)23-20(9-6-10-20)28(2,26)27/h3-5,7-8,12-13H,6,9-11H2,1-2H3,(H,21,25)(H,23,24). The van der Waals surface area contributed by atoms with Crippen molar-refractivity contribution in [2.75, 3.05) is 13.3 Å². The molecule has 148 valence electrons. The van der Waals surface area contributed by atoms with Gasteiger partial charge in [0.2, 0.25) is 0 Å². The molecule has 1 heterocycles. The molecule has 0 atom stereocenters. The van der Waals surface area contributed by atoms with E-state index in [-0.39, 0.29) is 11.3 Å². The van der Waals surface area contributed by atoms with Gasteiger partial charge in [0.15, 0.2) is 9.84 Å². The minimum atomic E-state index is -3.45. The van der Waals surface area contributed by atoms with Gasteiger partial charge in [-0.2, -0.15) is 0 Å². The van der Waals surface area contributed by atoms with Crippen molar-refractivity contribution < 1.29 is 18.0 Å². The number of benzene rings is 1. The van der Waals surface area contributed by atoms with E-state index < -0.39 is 26.5 Å². The molecule has 0 radical (unpaired) electrons. The molecule has 0 bridgehead atoms. The molecule has 7 nitrogen and oxygen atoms in total. The van der Waals surface area contributed by atoms with Crippen molar-refractivity contribution in [1.82, 2.24) is 15.6 Å². The van der Waals surface area contributed by atoms with Crippen LogP contribution in [0.4, 0.5) is 0 Å². The van der Waals surface area contributed by atoms with Gasteiger partial charge in [-0.1, -0.05) is 30.3 Å². The van der Waals surface area contributed by atoms with E-state index in [0.717, 1.165) is 18.2 Å². The van der Waals surface area contributed by atoms with E-state index in [2.05, 4.69) is 15.6 Å². The Balaban J connectivity index is 1.94. The Kier molecular flexibility index (Phi) is 5.51. The number of hydrogen-bond acceptors (Lipinski definition) is 5. The third-order valence-electron chi connectivity index (χ3n) is 5.04. The first-order chi connectivity index (χ1) is 13.2. The predicted octanol–water partition coefficient (Wildman–Crippen LogP) is 1.69. The van der Waals surface area contributed by atoms with Crippen molar-refractivity contribution in [3.8, 4) is 0 Å². The van der Waals surface area contributed by atoms with Crippen molar-refractivity contribution in [1.29, 1.82) is 0 Å². The highest BCUT2D eigenvalue weighted by atomic mass is 32.2. The molecule has 1 fully saturated rings. The number of sulfone groups is 1. The SMILES string of the molecule is CNC(=O)c1cc(C(=O)NC2(S(C)(=O)=O)CCC2)cc(Cc2ccccc2)n1. The monoisotopic (exact) mass is 401 g/mol. The summed E-state index contributed by atoms with van der Waals surface area (Å²) in [5, 5.41) is 5.18.